The van der Waals surface area contributed by atoms with Gasteiger partial charge >= 0.3 is 12.2 Å². The van der Waals surface area contributed by atoms with Crippen LogP contribution in [0.15, 0.2) is 53.3 Å². The fourth-order valence-corrected chi connectivity index (χ4v) is 4.45. The maximum atomic E-state index is 13.8. The fraction of sp³-hybridized carbons (Fsp3) is 0.387. The van der Waals surface area contributed by atoms with Crippen LogP contribution in [0.5, 0.6) is 5.75 Å². The molecule has 3 aromatic heterocycles. The minimum Gasteiger partial charge on any atom is -0.491 e. The lowest BCUT2D eigenvalue weighted by Crippen LogP contribution is -2.37. The first-order chi connectivity index (χ1) is 20.9. The molecular formula is C31H33F3N6O4. The number of amides is 2. The number of halogens is 3. The van der Waals surface area contributed by atoms with E-state index in [-0.39, 0.29) is 23.4 Å². The highest BCUT2D eigenvalue weighted by Gasteiger charge is 2.35. The Labute approximate surface area is 252 Å². The summed E-state index contributed by atoms with van der Waals surface area (Å²) >= 11 is 0. The van der Waals surface area contributed by atoms with Crippen LogP contribution in [-0.4, -0.2) is 64.9 Å². The van der Waals surface area contributed by atoms with Gasteiger partial charge in [0.25, 0.3) is 0 Å². The molecule has 232 valence electrons. The molecule has 4 aromatic rings. The molecule has 0 unspecified atom stereocenters. The van der Waals surface area contributed by atoms with Crippen molar-refractivity contribution in [1.82, 2.24) is 19.4 Å². The molecule has 44 heavy (non-hydrogen) atoms. The highest BCUT2D eigenvalue weighted by molar-refractivity contribution is 5.99. The Morgan fingerprint density at radius 1 is 1.05 bits per heavy atom. The quantitative estimate of drug-likeness (QED) is 0.202. The van der Waals surface area contributed by atoms with Crippen molar-refractivity contribution in [2.75, 3.05) is 50.1 Å². The number of nitrogens with one attached hydrogen (secondary N) is 2. The summed E-state index contributed by atoms with van der Waals surface area (Å²) < 4.78 is 59.1. The summed E-state index contributed by atoms with van der Waals surface area (Å²) in [6.45, 7) is 9.73. The first kappa shape index (κ1) is 30.9. The molecule has 0 radical (unpaired) electrons. The van der Waals surface area contributed by atoms with Gasteiger partial charge in [0.05, 0.1) is 26.0 Å². The van der Waals surface area contributed by atoms with Crippen LogP contribution in [0.1, 0.15) is 49.8 Å². The predicted molar refractivity (Wildman–Crippen MR) is 158 cm³/mol. The number of morpholine rings is 1. The van der Waals surface area contributed by atoms with E-state index in [1.807, 2.05) is 20.8 Å². The number of benzene rings is 1. The summed E-state index contributed by atoms with van der Waals surface area (Å²) in [5, 5.41) is 9.19. The average Bonchev–Trinajstić information content (AvgIpc) is 3.61. The Hall–Kier alpha value is -4.54. The van der Waals surface area contributed by atoms with Crippen LogP contribution in [0.3, 0.4) is 0 Å². The third-order valence-electron chi connectivity index (χ3n) is 6.81. The number of aromatic nitrogens is 3. The molecular weight excluding hydrogens is 577 g/mol. The van der Waals surface area contributed by atoms with Crippen LogP contribution in [-0.2, 0) is 16.3 Å². The maximum Gasteiger partial charge on any atom is 0.420 e. The van der Waals surface area contributed by atoms with Gasteiger partial charge in [-0.2, -0.15) is 13.2 Å². The van der Waals surface area contributed by atoms with Crippen molar-refractivity contribution in [3.8, 4) is 17.6 Å². The van der Waals surface area contributed by atoms with Crippen LogP contribution < -0.4 is 15.4 Å². The Balaban J connectivity index is 1.21. The largest absolute Gasteiger partial charge is 0.491 e. The first-order valence-electron chi connectivity index (χ1n) is 14.1. The zero-order chi connectivity index (χ0) is 31.3. The van der Waals surface area contributed by atoms with Gasteiger partial charge in [-0.3, -0.25) is 10.2 Å². The Kier molecular flexibility index (Phi) is 9.12. The molecule has 10 nitrogen and oxygen atoms in total. The number of hydrogen-bond donors (Lipinski definition) is 2. The van der Waals surface area contributed by atoms with E-state index in [4.69, 9.17) is 14.0 Å². The topological polar surface area (TPSA) is 106 Å². The van der Waals surface area contributed by atoms with E-state index in [2.05, 4.69) is 37.5 Å². The molecule has 0 saturated carbocycles. The molecule has 1 aromatic carbocycles. The van der Waals surface area contributed by atoms with Gasteiger partial charge < -0.3 is 23.7 Å². The lowest BCUT2D eigenvalue weighted by atomic mass is 9.93. The fourth-order valence-electron chi connectivity index (χ4n) is 4.45. The number of anilines is 2. The molecule has 13 heteroatoms. The monoisotopic (exact) mass is 610 g/mol. The van der Waals surface area contributed by atoms with Gasteiger partial charge in [-0.1, -0.05) is 31.8 Å². The van der Waals surface area contributed by atoms with E-state index >= 15 is 0 Å². The SMILES string of the molecule is CC(C)(C)c1cc(NC(=O)Nc2ccc(C#Cc3cn4cc(OCCCN5CCOCC5)c(C(F)(F)F)cc4n3)cc2)no1. The second-order valence-electron chi connectivity index (χ2n) is 11.3. The Morgan fingerprint density at radius 2 is 1.80 bits per heavy atom. The first-order valence-corrected chi connectivity index (χ1v) is 14.1. The normalized spacial score (nSPS) is 14.2. The highest BCUT2D eigenvalue weighted by Crippen LogP contribution is 2.37. The van der Waals surface area contributed by atoms with E-state index in [0.717, 1.165) is 25.7 Å². The van der Waals surface area contributed by atoms with Crippen molar-refractivity contribution in [2.45, 2.75) is 38.8 Å². The minimum atomic E-state index is -4.60. The molecule has 5 rings (SSSR count). The third-order valence-corrected chi connectivity index (χ3v) is 6.81. The van der Waals surface area contributed by atoms with Gasteiger partial charge in [0.15, 0.2) is 5.82 Å². The zero-order valence-electron chi connectivity index (χ0n) is 24.6. The predicted octanol–water partition coefficient (Wildman–Crippen LogP) is 5.78. The number of pyridine rings is 1. The van der Waals surface area contributed by atoms with Crippen molar-refractivity contribution < 1.29 is 32.0 Å². The third kappa shape index (κ3) is 8.09. The molecule has 1 aliphatic rings. The van der Waals surface area contributed by atoms with Gasteiger partial charge in [-0.15, -0.1) is 0 Å². The van der Waals surface area contributed by atoms with Gasteiger partial charge in [0, 0.05) is 48.6 Å². The van der Waals surface area contributed by atoms with Crippen LogP contribution in [0.2, 0.25) is 0 Å². The van der Waals surface area contributed by atoms with E-state index in [9.17, 15) is 18.0 Å². The molecule has 2 amide bonds. The van der Waals surface area contributed by atoms with Crippen molar-refractivity contribution in [2.24, 2.45) is 0 Å². The molecule has 2 N–H and O–H groups in total. The average molecular weight is 611 g/mol. The number of carbonyl (C=O) groups excluding carboxylic acids is 1. The molecule has 0 bridgehead atoms. The summed E-state index contributed by atoms with van der Waals surface area (Å²) in [7, 11) is 0. The lowest BCUT2D eigenvalue weighted by Gasteiger charge is -2.26. The summed E-state index contributed by atoms with van der Waals surface area (Å²) in [4.78, 5) is 18.8. The lowest BCUT2D eigenvalue weighted by molar-refractivity contribution is -0.139. The molecule has 1 aliphatic heterocycles. The summed E-state index contributed by atoms with van der Waals surface area (Å²) in [5.41, 5.74) is 0.431. The summed E-state index contributed by atoms with van der Waals surface area (Å²) in [6.07, 6.45) is -1.16. The van der Waals surface area contributed by atoms with Crippen molar-refractivity contribution in [1.29, 1.82) is 0 Å². The van der Waals surface area contributed by atoms with E-state index < -0.39 is 17.8 Å². The van der Waals surface area contributed by atoms with Crippen LogP contribution in [0.25, 0.3) is 5.65 Å². The van der Waals surface area contributed by atoms with Crippen molar-refractivity contribution in [3.63, 3.8) is 0 Å². The van der Waals surface area contributed by atoms with Crippen LogP contribution in [0.4, 0.5) is 29.5 Å². The number of rotatable bonds is 7. The second kappa shape index (κ2) is 13.0. The number of alkyl halides is 3. The number of urea groups is 1. The van der Waals surface area contributed by atoms with Crippen LogP contribution in [0, 0.1) is 11.8 Å². The summed E-state index contributed by atoms with van der Waals surface area (Å²) in [6, 6.07) is 8.92. The van der Waals surface area contributed by atoms with Gasteiger partial charge in [-0.05, 0) is 42.7 Å². The molecule has 1 saturated heterocycles. The number of fused-ring (bicyclic) bond motifs is 1. The molecule has 1 fully saturated rings. The molecule has 0 spiro atoms. The van der Waals surface area contributed by atoms with E-state index in [1.54, 1.807) is 36.5 Å². The van der Waals surface area contributed by atoms with Gasteiger partial charge in [0.2, 0.25) is 0 Å². The number of ether oxygens (including phenoxy) is 2. The van der Waals surface area contributed by atoms with Crippen molar-refractivity contribution in [3.05, 3.63) is 71.4 Å². The Morgan fingerprint density at radius 3 is 2.48 bits per heavy atom. The van der Waals surface area contributed by atoms with E-state index in [0.29, 0.717) is 48.2 Å². The number of imidazole rings is 1. The summed E-state index contributed by atoms with van der Waals surface area (Å²) in [5.74, 6) is 6.52. The number of carbonyl (C=O) groups is 1. The van der Waals surface area contributed by atoms with Crippen molar-refractivity contribution >= 4 is 23.2 Å². The molecule has 0 atom stereocenters. The van der Waals surface area contributed by atoms with Gasteiger partial charge in [-0.25, -0.2) is 9.78 Å². The highest BCUT2D eigenvalue weighted by atomic mass is 19.4. The van der Waals surface area contributed by atoms with Crippen LogP contribution >= 0.6 is 0 Å². The zero-order valence-corrected chi connectivity index (χ0v) is 24.6. The minimum absolute atomic E-state index is 0.106. The standard InChI is InChI=1S/C31H33F3N6O4/c1-30(2,3)26-18-27(38-44-26)37-29(41)36-22-8-5-21(6-9-22)7-10-23-19-40-20-25(24(31(32,33)34)17-28(40)35-23)43-14-4-11-39-12-15-42-16-13-39/h5-6,8-9,17-20H,4,11-16H2,1-3H3,(H2,36,37,38,41). The second-order valence-corrected chi connectivity index (χ2v) is 11.3. The van der Waals surface area contributed by atoms with E-state index in [1.165, 1.54) is 10.6 Å². The maximum absolute atomic E-state index is 13.8. The number of hydrogen-bond acceptors (Lipinski definition) is 7. The van der Waals surface area contributed by atoms with Gasteiger partial charge in [0.1, 0.15) is 28.4 Å². The Bertz CT molecular complexity index is 1660. The molecule has 4 heterocycles. The smallest absolute Gasteiger partial charge is 0.420 e. The number of nitrogens with zero attached hydrogens (tertiary/aromatic N) is 4. The molecule has 0 aliphatic carbocycles.